The maximum atomic E-state index is 11.6. The molecule has 13 heavy (non-hydrogen) atoms. The predicted molar refractivity (Wildman–Crippen MR) is 45.0 cm³/mol. The highest BCUT2D eigenvalue weighted by atomic mass is 16.4. The Morgan fingerprint density at radius 1 is 1.31 bits per heavy atom. The van der Waals surface area contributed by atoms with Crippen LogP contribution in [-0.2, 0) is 9.59 Å². The summed E-state index contributed by atoms with van der Waals surface area (Å²) in [6.45, 7) is 0. The molecule has 0 aromatic heterocycles. The number of carbonyl (C=O) groups is 2. The van der Waals surface area contributed by atoms with Gasteiger partial charge in [-0.05, 0) is 19.3 Å². The van der Waals surface area contributed by atoms with Crippen LogP contribution in [0.25, 0.3) is 0 Å². The Hall–Kier alpha value is -1.06. The van der Waals surface area contributed by atoms with Gasteiger partial charge in [0.15, 0.2) is 0 Å². The quantitative estimate of drug-likeness (QED) is 0.685. The van der Waals surface area contributed by atoms with E-state index < -0.39 is 11.9 Å². The van der Waals surface area contributed by atoms with E-state index in [1.807, 2.05) is 0 Å². The van der Waals surface area contributed by atoms with E-state index in [2.05, 4.69) is 0 Å². The van der Waals surface area contributed by atoms with Crippen LogP contribution in [0, 0.1) is 11.8 Å². The van der Waals surface area contributed by atoms with Crippen LogP contribution in [0.15, 0.2) is 0 Å². The second-order valence-corrected chi connectivity index (χ2v) is 3.97. The van der Waals surface area contributed by atoms with E-state index in [4.69, 9.17) is 5.11 Å². The summed E-state index contributed by atoms with van der Waals surface area (Å²) < 4.78 is 0. The van der Waals surface area contributed by atoms with E-state index in [-0.39, 0.29) is 11.8 Å². The molecule has 0 aromatic rings. The SMILES string of the molecule is CN(C(=O)C1CC1C(=O)O)C1CC1. The van der Waals surface area contributed by atoms with Crippen LogP contribution in [-0.4, -0.2) is 35.0 Å². The van der Waals surface area contributed by atoms with Gasteiger partial charge in [-0.2, -0.15) is 0 Å². The minimum absolute atomic E-state index is 0.0231. The molecule has 2 aliphatic rings. The van der Waals surface area contributed by atoms with E-state index in [0.717, 1.165) is 12.8 Å². The second-order valence-electron chi connectivity index (χ2n) is 3.97. The van der Waals surface area contributed by atoms with E-state index in [1.54, 1.807) is 11.9 Å². The number of amides is 1. The number of carboxylic acids is 1. The Labute approximate surface area is 76.5 Å². The molecule has 0 bridgehead atoms. The summed E-state index contributed by atoms with van der Waals surface area (Å²) in [7, 11) is 1.78. The van der Waals surface area contributed by atoms with Crippen molar-refractivity contribution in [2.24, 2.45) is 11.8 Å². The lowest BCUT2D eigenvalue weighted by Gasteiger charge is -2.15. The molecule has 72 valence electrons. The van der Waals surface area contributed by atoms with Gasteiger partial charge in [0.05, 0.1) is 11.8 Å². The van der Waals surface area contributed by atoms with Crippen molar-refractivity contribution in [3.8, 4) is 0 Å². The summed E-state index contributed by atoms with van der Waals surface area (Å²) in [4.78, 5) is 23.8. The maximum absolute atomic E-state index is 11.6. The van der Waals surface area contributed by atoms with Crippen LogP contribution >= 0.6 is 0 Å². The van der Waals surface area contributed by atoms with Crippen LogP contribution in [0.1, 0.15) is 19.3 Å². The molecule has 0 spiro atoms. The molecule has 0 radical (unpaired) electrons. The van der Waals surface area contributed by atoms with E-state index >= 15 is 0 Å². The highest BCUT2D eigenvalue weighted by Crippen LogP contribution is 2.41. The van der Waals surface area contributed by atoms with Gasteiger partial charge in [-0.15, -0.1) is 0 Å². The number of hydrogen-bond acceptors (Lipinski definition) is 2. The van der Waals surface area contributed by atoms with Gasteiger partial charge in [-0.1, -0.05) is 0 Å². The molecule has 0 aromatic carbocycles. The summed E-state index contributed by atoms with van der Waals surface area (Å²) >= 11 is 0. The van der Waals surface area contributed by atoms with Crippen LogP contribution in [0.3, 0.4) is 0 Å². The standard InChI is InChI=1S/C9H13NO3/c1-10(5-2-3-5)8(11)6-4-7(6)9(12)13/h5-7H,2-4H2,1H3,(H,12,13). The topological polar surface area (TPSA) is 57.6 Å². The molecular formula is C9H13NO3. The Balaban J connectivity index is 1.88. The van der Waals surface area contributed by atoms with Crippen molar-refractivity contribution in [1.82, 2.24) is 4.90 Å². The molecule has 4 nitrogen and oxygen atoms in total. The fraction of sp³-hybridized carbons (Fsp3) is 0.778. The molecule has 2 unspecified atom stereocenters. The first-order chi connectivity index (χ1) is 6.11. The van der Waals surface area contributed by atoms with Gasteiger partial charge in [0.25, 0.3) is 0 Å². The molecular weight excluding hydrogens is 170 g/mol. The van der Waals surface area contributed by atoms with Crippen molar-refractivity contribution in [3.05, 3.63) is 0 Å². The van der Waals surface area contributed by atoms with Gasteiger partial charge >= 0.3 is 5.97 Å². The Morgan fingerprint density at radius 3 is 2.31 bits per heavy atom. The fourth-order valence-corrected chi connectivity index (χ4v) is 1.64. The summed E-state index contributed by atoms with van der Waals surface area (Å²) in [5.74, 6) is -1.45. The highest BCUT2D eigenvalue weighted by molar-refractivity contribution is 5.89. The molecule has 2 atom stereocenters. The number of carbonyl (C=O) groups excluding carboxylic acids is 1. The smallest absolute Gasteiger partial charge is 0.307 e. The molecule has 2 aliphatic carbocycles. The molecule has 0 heterocycles. The van der Waals surface area contributed by atoms with E-state index in [0.29, 0.717) is 12.5 Å². The Morgan fingerprint density at radius 2 is 1.92 bits per heavy atom. The monoisotopic (exact) mass is 183 g/mol. The zero-order valence-electron chi connectivity index (χ0n) is 7.56. The van der Waals surface area contributed by atoms with Crippen molar-refractivity contribution in [1.29, 1.82) is 0 Å². The van der Waals surface area contributed by atoms with Crippen LogP contribution in [0.4, 0.5) is 0 Å². The van der Waals surface area contributed by atoms with E-state index in [9.17, 15) is 9.59 Å². The number of hydrogen-bond donors (Lipinski definition) is 1. The van der Waals surface area contributed by atoms with Crippen molar-refractivity contribution in [2.45, 2.75) is 25.3 Å². The third-order valence-electron chi connectivity index (χ3n) is 2.87. The minimum atomic E-state index is -0.831. The zero-order chi connectivity index (χ0) is 9.59. The number of nitrogens with zero attached hydrogens (tertiary/aromatic N) is 1. The number of aliphatic carboxylic acids is 1. The maximum Gasteiger partial charge on any atom is 0.307 e. The molecule has 2 saturated carbocycles. The first-order valence-electron chi connectivity index (χ1n) is 4.60. The normalized spacial score (nSPS) is 31.2. The largest absolute Gasteiger partial charge is 0.481 e. The molecule has 2 fully saturated rings. The van der Waals surface area contributed by atoms with Crippen molar-refractivity contribution in [2.75, 3.05) is 7.05 Å². The van der Waals surface area contributed by atoms with E-state index in [1.165, 1.54) is 0 Å². The van der Waals surface area contributed by atoms with Crippen LogP contribution in [0.5, 0.6) is 0 Å². The fourth-order valence-electron chi connectivity index (χ4n) is 1.64. The second kappa shape index (κ2) is 2.72. The number of rotatable bonds is 3. The van der Waals surface area contributed by atoms with Crippen molar-refractivity contribution < 1.29 is 14.7 Å². The van der Waals surface area contributed by atoms with Crippen LogP contribution in [0.2, 0.25) is 0 Å². The van der Waals surface area contributed by atoms with Crippen molar-refractivity contribution >= 4 is 11.9 Å². The summed E-state index contributed by atoms with van der Waals surface area (Å²) in [6.07, 6.45) is 2.69. The first kappa shape index (κ1) is 8.53. The summed E-state index contributed by atoms with van der Waals surface area (Å²) in [5.41, 5.74) is 0. The van der Waals surface area contributed by atoms with Gasteiger partial charge in [-0.3, -0.25) is 9.59 Å². The van der Waals surface area contributed by atoms with Gasteiger partial charge < -0.3 is 10.0 Å². The van der Waals surface area contributed by atoms with Gasteiger partial charge in [0.2, 0.25) is 5.91 Å². The lowest BCUT2D eigenvalue weighted by Crippen LogP contribution is -2.31. The summed E-state index contributed by atoms with van der Waals surface area (Å²) in [5, 5.41) is 8.64. The molecule has 1 N–H and O–H groups in total. The molecule has 4 heteroatoms. The van der Waals surface area contributed by atoms with Gasteiger partial charge in [-0.25, -0.2) is 0 Å². The lowest BCUT2D eigenvalue weighted by molar-refractivity contribution is -0.141. The first-order valence-corrected chi connectivity index (χ1v) is 4.60. The number of carboxylic acid groups (broad SMARTS) is 1. The molecule has 0 saturated heterocycles. The third kappa shape index (κ3) is 1.53. The van der Waals surface area contributed by atoms with Gasteiger partial charge in [0.1, 0.15) is 0 Å². The molecule has 0 aliphatic heterocycles. The molecule has 1 amide bonds. The van der Waals surface area contributed by atoms with Gasteiger partial charge in [0, 0.05) is 13.1 Å². The lowest BCUT2D eigenvalue weighted by atomic mass is 10.3. The van der Waals surface area contributed by atoms with Crippen LogP contribution < -0.4 is 0 Å². The average Bonchev–Trinajstić information content (AvgIpc) is 2.91. The molecule has 2 rings (SSSR count). The zero-order valence-corrected chi connectivity index (χ0v) is 7.56. The highest BCUT2D eigenvalue weighted by Gasteiger charge is 2.50. The summed E-state index contributed by atoms with van der Waals surface area (Å²) in [6, 6.07) is 0.391. The Kier molecular flexibility index (Phi) is 1.78. The Bertz CT molecular complexity index is 260. The third-order valence-corrected chi connectivity index (χ3v) is 2.87. The van der Waals surface area contributed by atoms with Crippen molar-refractivity contribution in [3.63, 3.8) is 0 Å². The predicted octanol–water partition coefficient (Wildman–Crippen LogP) is 0.328. The minimum Gasteiger partial charge on any atom is -0.481 e. The average molecular weight is 183 g/mol.